The molecule has 0 bridgehead atoms. The summed E-state index contributed by atoms with van der Waals surface area (Å²) in [4.78, 5) is 5.41. The van der Waals surface area contributed by atoms with Gasteiger partial charge in [-0.3, -0.25) is 4.90 Å². The summed E-state index contributed by atoms with van der Waals surface area (Å²) in [6, 6.07) is 10.6. The topological polar surface area (TPSA) is 18.5 Å². The van der Waals surface area contributed by atoms with Gasteiger partial charge >= 0.3 is 0 Å². The number of benzene rings is 1. The molecule has 1 aromatic rings. The number of likely N-dealkylation sites (tertiary alicyclic amines) is 1. The Kier molecular flexibility index (Phi) is 6.54. The van der Waals surface area contributed by atoms with Gasteiger partial charge in [0.25, 0.3) is 0 Å². The van der Waals surface area contributed by atoms with Crippen LogP contribution in [0.2, 0.25) is 0 Å². The van der Waals surface area contributed by atoms with Gasteiger partial charge in [-0.1, -0.05) is 45.0 Å². The van der Waals surface area contributed by atoms with Crippen molar-refractivity contribution in [2.24, 2.45) is 5.92 Å². The van der Waals surface area contributed by atoms with Crippen LogP contribution in [0.4, 0.5) is 0 Å². The van der Waals surface area contributed by atoms with Crippen LogP contribution in [0.3, 0.4) is 0 Å². The van der Waals surface area contributed by atoms with Crippen molar-refractivity contribution in [2.45, 2.75) is 58.5 Å². The molecule has 2 atom stereocenters. The fourth-order valence-corrected chi connectivity index (χ4v) is 4.27. The second kappa shape index (κ2) is 8.66. The molecular formula is C22H37N3. The zero-order valence-corrected chi connectivity index (χ0v) is 16.7. The molecule has 0 amide bonds. The molecule has 1 aromatic carbocycles. The number of hydrogen-bond acceptors (Lipinski definition) is 3. The van der Waals surface area contributed by atoms with Crippen LogP contribution in [0.25, 0.3) is 0 Å². The Labute approximate surface area is 154 Å². The summed E-state index contributed by atoms with van der Waals surface area (Å²) in [5.74, 6) is 1.51. The highest BCUT2D eigenvalue weighted by Crippen LogP contribution is 2.27. The van der Waals surface area contributed by atoms with E-state index in [1.54, 1.807) is 0 Å². The molecule has 2 saturated heterocycles. The lowest BCUT2D eigenvalue weighted by molar-refractivity contribution is 0.0928. The van der Waals surface area contributed by atoms with Crippen LogP contribution < -0.4 is 5.32 Å². The third-order valence-electron chi connectivity index (χ3n) is 6.14. The molecule has 2 aliphatic rings. The van der Waals surface area contributed by atoms with Crippen LogP contribution in [-0.4, -0.2) is 55.1 Å². The summed E-state index contributed by atoms with van der Waals surface area (Å²) < 4.78 is 0. The average Bonchev–Trinajstić information content (AvgIpc) is 2.61. The molecule has 2 fully saturated rings. The van der Waals surface area contributed by atoms with Crippen molar-refractivity contribution in [2.75, 3.05) is 39.3 Å². The molecule has 2 aliphatic heterocycles. The Balaban J connectivity index is 1.75. The van der Waals surface area contributed by atoms with Crippen LogP contribution in [0, 0.1) is 5.92 Å². The smallest absolute Gasteiger partial charge is 0.0476 e. The highest BCUT2D eigenvalue weighted by Gasteiger charge is 2.28. The van der Waals surface area contributed by atoms with Crippen molar-refractivity contribution < 1.29 is 0 Å². The Morgan fingerprint density at radius 1 is 1.00 bits per heavy atom. The molecular weight excluding hydrogens is 306 g/mol. The molecule has 2 heterocycles. The monoisotopic (exact) mass is 343 g/mol. The molecule has 0 aromatic heterocycles. The van der Waals surface area contributed by atoms with E-state index in [-0.39, 0.29) is 0 Å². The zero-order valence-electron chi connectivity index (χ0n) is 16.7. The largest absolute Gasteiger partial charge is 0.312 e. The highest BCUT2D eigenvalue weighted by molar-refractivity contribution is 5.27. The fourth-order valence-electron chi connectivity index (χ4n) is 4.27. The Hall–Kier alpha value is -0.900. The summed E-state index contributed by atoms with van der Waals surface area (Å²) in [7, 11) is 0. The van der Waals surface area contributed by atoms with Crippen molar-refractivity contribution in [3.8, 4) is 0 Å². The standard InChI is InChI=1S/C22H37N3/c1-17(2)20-5-7-21(8-6-20)22(25-14-11-23-19(4)15-25)16-24-12-9-18(3)10-13-24/h5-8,17-19,22-23H,9-16H2,1-4H3. The number of nitrogens with zero attached hydrogens (tertiary/aromatic N) is 2. The molecule has 3 rings (SSSR count). The second-order valence-corrected chi connectivity index (χ2v) is 8.67. The van der Waals surface area contributed by atoms with Gasteiger partial charge in [-0.2, -0.15) is 0 Å². The van der Waals surface area contributed by atoms with Gasteiger partial charge in [-0.25, -0.2) is 0 Å². The third-order valence-corrected chi connectivity index (χ3v) is 6.14. The van der Waals surface area contributed by atoms with Crippen LogP contribution in [0.5, 0.6) is 0 Å². The molecule has 0 aliphatic carbocycles. The van der Waals surface area contributed by atoms with Gasteiger partial charge < -0.3 is 10.2 Å². The first-order valence-corrected chi connectivity index (χ1v) is 10.3. The number of hydrogen-bond donors (Lipinski definition) is 1. The van der Waals surface area contributed by atoms with E-state index in [0.717, 1.165) is 25.6 Å². The normalized spacial score (nSPS) is 25.4. The van der Waals surface area contributed by atoms with Gasteiger partial charge in [-0.05, 0) is 55.8 Å². The molecule has 140 valence electrons. The van der Waals surface area contributed by atoms with Crippen molar-refractivity contribution in [3.05, 3.63) is 35.4 Å². The lowest BCUT2D eigenvalue weighted by atomic mass is 9.95. The number of piperidine rings is 1. The Bertz CT molecular complexity index is 517. The van der Waals surface area contributed by atoms with Crippen LogP contribution in [0.1, 0.15) is 63.6 Å². The minimum atomic E-state index is 0.527. The lowest BCUT2D eigenvalue weighted by Crippen LogP contribution is -2.52. The lowest BCUT2D eigenvalue weighted by Gasteiger charge is -2.41. The fraction of sp³-hybridized carbons (Fsp3) is 0.727. The first kappa shape index (κ1) is 18.9. The van der Waals surface area contributed by atoms with Gasteiger partial charge in [0.1, 0.15) is 0 Å². The maximum absolute atomic E-state index is 3.60. The third kappa shape index (κ3) is 5.06. The van der Waals surface area contributed by atoms with Gasteiger partial charge in [0.2, 0.25) is 0 Å². The van der Waals surface area contributed by atoms with E-state index < -0.39 is 0 Å². The molecule has 3 heteroatoms. The molecule has 0 radical (unpaired) electrons. The summed E-state index contributed by atoms with van der Waals surface area (Å²) in [6.45, 7) is 16.4. The molecule has 3 nitrogen and oxygen atoms in total. The predicted octanol–water partition coefficient (Wildman–Crippen LogP) is 3.88. The van der Waals surface area contributed by atoms with Crippen molar-refractivity contribution in [3.63, 3.8) is 0 Å². The van der Waals surface area contributed by atoms with Gasteiger partial charge in [-0.15, -0.1) is 0 Å². The predicted molar refractivity (Wildman–Crippen MR) is 107 cm³/mol. The summed E-state index contributed by atoms with van der Waals surface area (Å²) in [5, 5.41) is 3.60. The second-order valence-electron chi connectivity index (χ2n) is 8.67. The van der Waals surface area contributed by atoms with E-state index in [9.17, 15) is 0 Å². The molecule has 0 spiro atoms. The molecule has 0 saturated carbocycles. The maximum atomic E-state index is 3.60. The van der Waals surface area contributed by atoms with E-state index in [2.05, 4.69) is 67.1 Å². The SMILES string of the molecule is CC1CCN(CC(c2ccc(C(C)C)cc2)N2CCNC(C)C2)CC1. The number of nitrogens with one attached hydrogen (secondary N) is 1. The maximum Gasteiger partial charge on any atom is 0.0476 e. The van der Waals surface area contributed by atoms with Crippen LogP contribution in [0.15, 0.2) is 24.3 Å². The molecule has 1 N–H and O–H groups in total. The highest BCUT2D eigenvalue weighted by atomic mass is 15.3. The van der Waals surface area contributed by atoms with Crippen molar-refractivity contribution in [1.82, 2.24) is 15.1 Å². The van der Waals surface area contributed by atoms with E-state index in [1.807, 2.05) is 0 Å². The molecule has 25 heavy (non-hydrogen) atoms. The number of piperazine rings is 1. The quantitative estimate of drug-likeness (QED) is 0.875. The minimum absolute atomic E-state index is 0.527. The Morgan fingerprint density at radius 2 is 1.64 bits per heavy atom. The van der Waals surface area contributed by atoms with E-state index >= 15 is 0 Å². The molecule has 2 unspecified atom stereocenters. The van der Waals surface area contributed by atoms with Gasteiger partial charge in [0.15, 0.2) is 0 Å². The van der Waals surface area contributed by atoms with E-state index in [1.165, 1.54) is 43.6 Å². The average molecular weight is 344 g/mol. The van der Waals surface area contributed by atoms with Gasteiger partial charge in [0.05, 0.1) is 0 Å². The van der Waals surface area contributed by atoms with Crippen LogP contribution >= 0.6 is 0 Å². The minimum Gasteiger partial charge on any atom is -0.312 e. The summed E-state index contributed by atoms with van der Waals surface area (Å²) in [6.07, 6.45) is 2.72. The zero-order chi connectivity index (χ0) is 17.8. The number of rotatable bonds is 5. The van der Waals surface area contributed by atoms with Crippen molar-refractivity contribution in [1.29, 1.82) is 0 Å². The van der Waals surface area contributed by atoms with Gasteiger partial charge in [0, 0.05) is 38.3 Å². The van der Waals surface area contributed by atoms with E-state index in [0.29, 0.717) is 18.0 Å². The van der Waals surface area contributed by atoms with Crippen LogP contribution in [-0.2, 0) is 0 Å². The van der Waals surface area contributed by atoms with Crippen molar-refractivity contribution >= 4 is 0 Å². The summed E-state index contributed by atoms with van der Waals surface area (Å²) in [5.41, 5.74) is 2.94. The Morgan fingerprint density at radius 3 is 2.24 bits per heavy atom. The van der Waals surface area contributed by atoms with E-state index in [4.69, 9.17) is 0 Å². The first-order valence-electron chi connectivity index (χ1n) is 10.3. The summed E-state index contributed by atoms with van der Waals surface area (Å²) >= 11 is 0. The first-order chi connectivity index (χ1) is 12.0.